The normalized spacial score (nSPS) is 36.2. The van der Waals surface area contributed by atoms with Crippen molar-refractivity contribution in [3.63, 3.8) is 0 Å². The largest absolute Gasteiger partial charge is 0.463 e. The second-order valence-corrected chi connectivity index (χ2v) is 20.4. The van der Waals surface area contributed by atoms with Crippen LogP contribution in [0.2, 0.25) is 0 Å². The number of nitrogens with one attached hydrogen (secondary N) is 5. The second-order valence-electron chi connectivity index (χ2n) is 20.4. The van der Waals surface area contributed by atoms with E-state index in [1.165, 1.54) is 0 Å². The number of carbonyl (C=O) groups excluding carboxylic acids is 3. The van der Waals surface area contributed by atoms with Gasteiger partial charge in [0.05, 0.1) is 26.0 Å². The zero-order chi connectivity index (χ0) is 45.5. The van der Waals surface area contributed by atoms with Crippen LogP contribution in [0.15, 0.2) is 101 Å². The quantitative estimate of drug-likeness (QED) is 0.0418. The lowest BCUT2D eigenvalue weighted by molar-refractivity contribution is -0.151. The van der Waals surface area contributed by atoms with Crippen molar-refractivity contribution in [3.8, 4) is 0 Å². The lowest BCUT2D eigenvalue weighted by atomic mass is 9.53. The molecule has 1 aromatic rings. The molecule has 6 bridgehead atoms. The number of dihydropyridines is 2. The van der Waals surface area contributed by atoms with E-state index >= 15 is 14.4 Å². The summed E-state index contributed by atoms with van der Waals surface area (Å²) in [5.41, 5.74) is 6.85. The van der Waals surface area contributed by atoms with Crippen LogP contribution in [0.25, 0.3) is 0 Å². The lowest BCUT2D eigenvalue weighted by Gasteiger charge is -2.53. The maximum atomic E-state index is 15.6. The summed E-state index contributed by atoms with van der Waals surface area (Å²) < 4.78 is 13.0. The molecule has 65 heavy (non-hydrogen) atoms. The number of hydrogen-bond acceptors (Lipinski definition) is 12. The Morgan fingerprint density at radius 3 is 2.71 bits per heavy atom. The van der Waals surface area contributed by atoms with Crippen LogP contribution in [0.3, 0.4) is 0 Å². The molecule has 0 aromatic heterocycles. The Hall–Kier alpha value is -4.59. The number of epoxide rings is 1. The van der Waals surface area contributed by atoms with Crippen LogP contribution in [-0.4, -0.2) is 86.1 Å². The summed E-state index contributed by atoms with van der Waals surface area (Å²) in [7, 11) is 1.88. The molecule has 0 radical (unpaired) electrons. The molecule has 9 aliphatic rings. The number of hydrogen-bond donors (Lipinski definition) is 7. The first kappa shape index (κ1) is 45.6. The van der Waals surface area contributed by atoms with E-state index < -0.39 is 28.7 Å². The van der Waals surface area contributed by atoms with Crippen LogP contribution in [0.1, 0.15) is 105 Å². The van der Waals surface area contributed by atoms with E-state index in [2.05, 4.69) is 83.0 Å². The Kier molecular flexibility index (Phi) is 13.0. The fourth-order valence-corrected chi connectivity index (χ4v) is 12.9. The van der Waals surface area contributed by atoms with Gasteiger partial charge in [0.25, 0.3) is 5.60 Å². The van der Waals surface area contributed by atoms with Gasteiger partial charge in [0.1, 0.15) is 5.82 Å². The molecule has 1 spiro atoms. The molecule has 10 rings (SSSR count). The summed E-state index contributed by atoms with van der Waals surface area (Å²) in [6.45, 7) is 8.22. The number of esters is 1. The van der Waals surface area contributed by atoms with Crippen molar-refractivity contribution < 1.29 is 29.0 Å². The minimum atomic E-state index is -2.17. The maximum absolute atomic E-state index is 15.6. The number of aliphatic hydroxyl groups is 1. The van der Waals surface area contributed by atoms with Gasteiger partial charge >= 0.3 is 5.97 Å². The fraction of sp³-hybridized carbons (Fsp3) is 0.566. The van der Waals surface area contributed by atoms with Gasteiger partial charge in [0, 0.05) is 42.3 Å². The fourth-order valence-electron chi connectivity index (χ4n) is 12.9. The van der Waals surface area contributed by atoms with Crippen LogP contribution in [0.4, 0.5) is 0 Å². The summed E-state index contributed by atoms with van der Waals surface area (Å²) in [5, 5.41) is 27.8. The Balaban J connectivity index is 1.10. The van der Waals surface area contributed by atoms with E-state index in [0.717, 1.165) is 73.2 Å². The number of carbonyl (C=O) groups is 3. The Morgan fingerprint density at radius 2 is 1.92 bits per heavy atom. The number of rotatable bonds is 13. The summed E-state index contributed by atoms with van der Waals surface area (Å²) >= 11 is 0. The highest BCUT2D eigenvalue weighted by atomic mass is 16.7. The van der Waals surface area contributed by atoms with Crippen molar-refractivity contribution in [1.82, 2.24) is 26.6 Å². The van der Waals surface area contributed by atoms with Crippen molar-refractivity contribution in [1.29, 1.82) is 0 Å². The smallest absolute Gasteiger partial charge is 0.350 e. The third-order valence-electron chi connectivity index (χ3n) is 16.2. The predicted octanol–water partition coefficient (Wildman–Crippen LogP) is 5.79. The van der Waals surface area contributed by atoms with Gasteiger partial charge in [-0.2, -0.15) is 0 Å². The molecule has 11 unspecified atom stereocenters. The molecule has 12 heteroatoms. The van der Waals surface area contributed by atoms with Gasteiger partial charge in [-0.15, -0.1) is 0 Å². The van der Waals surface area contributed by atoms with Gasteiger partial charge in [0.15, 0.2) is 11.4 Å². The third kappa shape index (κ3) is 8.43. The molecule has 1 saturated heterocycles. The van der Waals surface area contributed by atoms with Crippen LogP contribution < -0.4 is 32.3 Å². The van der Waals surface area contributed by atoms with E-state index in [4.69, 9.17) is 15.2 Å². The zero-order valence-corrected chi connectivity index (χ0v) is 38.7. The number of benzene rings is 1. The number of nitrogens with two attached hydrogens (primary N) is 1. The molecule has 5 heterocycles. The van der Waals surface area contributed by atoms with Crippen LogP contribution >= 0.6 is 0 Å². The molecule has 8 N–H and O–H groups in total. The van der Waals surface area contributed by atoms with Crippen molar-refractivity contribution in [2.75, 3.05) is 40.0 Å². The Labute approximate surface area is 384 Å². The molecule has 0 amide bonds. The number of aliphatic hydroxyl groups excluding tert-OH is 1. The van der Waals surface area contributed by atoms with Gasteiger partial charge < -0.3 is 46.9 Å². The van der Waals surface area contributed by atoms with Crippen molar-refractivity contribution in [3.05, 3.63) is 118 Å². The molecule has 1 saturated carbocycles. The summed E-state index contributed by atoms with van der Waals surface area (Å²) in [6, 6.07) is 5.61. The predicted molar refractivity (Wildman–Crippen MR) is 252 cm³/mol. The molecule has 2 fully saturated rings. The second kappa shape index (κ2) is 18.6. The van der Waals surface area contributed by atoms with E-state index in [9.17, 15) is 5.11 Å². The molecular weight excluding hydrogens is 817 g/mol. The molecule has 4 aliphatic carbocycles. The first-order chi connectivity index (χ1) is 31.4. The first-order valence-electron chi connectivity index (χ1n) is 24.3. The van der Waals surface area contributed by atoms with Gasteiger partial charge in [-0.1, -0.05) is 80.5 Å². The van der Waals surface area contributed by atoms with Gasteiger partial charge in [0.2, 0.25) is 5.78 Å². The molecule has 5 aliphatic heterocycles. The minimum Gasteiger partial charge on any atom is -0.463 e. The van der Waals surface area contributed by atoms with E-state index in [1.54, 1.807) is 6.07 Å². The van der Waals surface area contributed by atoms with Crippen LogP contribution in [0.5, 0.6) is 0 Å². The molecule has 11 atom stereocenters. The standard InChI is InChI=1S/C53H70N6O6/c1-5-56-43-24-36-9-6-12-39-35-11-8-21-51(3,25-34-16-19-44(54)58-28-34)26-37-10-7-13-41-47(37)49(62)53(50(63)64-30-42(43)40(18-17-35)46(36)39)52(65-53,48(41)61)27-38(29-60)32(2)14-15-33-20-22-57-45(23-33)59-31-55-4/h6-7,9-10,13,16-20,23,28,35-36,39-40,42-44,46,55-60H,5,8,11-12,14-15,21-22,24-27,29-31,54H2,1-4H3. The summed E-state index contributed by atoms with van der Waals surface area (Å²) in [6.07, 6.45) is 27.2. The summed E-state index contributed by atoms with van der Waals surface area (Å²) in [5.74, 6) is 1.16. The topological polar surface area (TPSA) is 179 Å². The highest BCUT2D eigenvalue weighted by Gasteiger charge is 2.86. The number of ketones is 2. The molecule has 1 aromatic carbocycles. The zero-order valence-electron chi connectivity index (χ0n) is 38.7. The molecular formula is C53H70N6O6. The van der Waals surface area contributed by atoms with E-state index in [1.807, 2.05) is 38.4 Å². The molecule has 12 nitrogen and oxygen atoms in total. The lowest BCUT2D eigenvalue weighted by Crippen LogP contribution is -2.55. The average Bonchev–Trinajstić information content (AvgIpc) is 4.01. The van der Waals surface area contributed by atoms with Crippen LogP contribution in [-0.2, 0) is 20.7 Å². The SMILES string of the molecule is CCNC1CC2C=CCC3C4C=CC(C1COC(=O)C15OC1(CC(CO)=C(C)CCC1=CCNC(NCNC)=C1)C(=O)c1cccc(c1C5=O)CC(C)(CC1=CNC(N)C=C1)CCC4)C23. The number of allylic oxidation sites excluding steroid dienone is 9. The van der Waals surface area contributed by atoms with Crippen molar-refractivity contribution >= 4 is 17.5 Å². The molecule has 348 valence electrons. The number of Topliss-reactive ketones (excluding diaryl/α,β-unsaturated/α-hetero) is 2. The Morgan fingerprint density at radius 1 is 1.06 bits per heavy atom. The van der Waals surface area contributed by atoms with Gasteiger partial charge in [-0.05, 0) is 141 Å². The third-order valence-corrected chi connectivity index (χ3v) is 16.2. The Bertz CT molecular complexity index is 2280. The van der Waals surface area contributed by atoms with E-state index in [0.29, 0.717) is 61.7 Å². The van der Waals surface area contributed by atoms with Gasteiger partial charge in [-0.25, -0.2) is 4.79 Å². The minimum absolute atomic E-state index is 0.0203. The monoisotopic (exact) mass is 887 g/mol. The number of ether oxygens (including phenoxy) is 2. The number of fused-ring (bicyclic) bond motifs is 6. The maximum Gasteiger partial charge on any atom is 0.350 e. The van der Waals surface area contributed by atoms with Crippen molar-refractivity contribution in [2.24, 2.45) is 46.7 Å². The van der Waals surface area contributed by atoms with Gasteiger partial charge in [-0.3, -0.25) is 9.59 Å². The van der Waals surface area contributed by atoms with E-state index in [-0.39, 0.29) is 60.2 Å². The highest BCUT2D eigenvalue weighted by molar-refractivity contribution is 6.33. The average molecular weight is 887 g/mol. The highest BCUT2D eigenvalue weighted by Crippen LogP contribution is 2.61. The van der Waals surface area contributed by atoms with Crippen molar-refractivity contribution in [2.45, 2.75) is 108 Å². The summed E-state index contributed by atoms with van der Waals surface area (Å²) in [4.78, 5) is 46.0. The van der Waals surface area contributed by atoms with Crippen LogP contribution in [0, 0.1) is 40.9 Å². The first-order valence-corrected chi connectivity index (χ1v) is 24.3.